The van der Waals surface area contributed by atoms with Crippen molar-refractivity contribution in [1.82, 2.24) is 4.90 Å². The van der Waals surface area contributed by atoms with Crippen LogP contribution in [0.15, 0.2) is 94.1 Å². The van der Waals surface area contributed by atoms with E-state index in [1.54, 1.807) is 18.0 Å². The molecule has 2 heterocycles. The monoisotopic (exact) mass is 691 g/mol. The minimum atomic E-state index is -0.192. The average Bonchev–Trinajstić information content (AvgIpc) is 3.15. The normalized spacial score (nSPS) is 16.6. The van der Waals surface area contributed by atoms with Crippen molar-refractivity contribution in [3.63, 3.8) is 0 Å². The molecule has 0 N–H and O–H groups in total. The van der Waals surface area contributed by atoms with Gasteiger partial charge < -0.3 is 14.5 Å². The molecule has 0 aliphatic carbocycles. The number of ketones is 1. The van der Waals surface area contributed by atoms with E-state index < -0.39 is 0 Å². The molecule has 2 aromatic carbocycles. The van der Waals surface area contributed by atoms with Crippen LogP contribution in [0.5, 0.6) is 5.75 Å². The van der Waals surface area contributed by atoms with Crippen molar-refractivity contribution < 1.29 is 14.3 Å². The molecule has 272 valence electrons. The van der Waals surface area contributed by atoms with Gasteiger partial charge in [-0.2, -0.15) is 0 Å². The molecule has 0 radical (unpaired) electrons. The van der Waals surface area contributed by atoms with Crippen LogP contribution in [-0.2, 0) is 9.59 Å². The molecule has 2 aliphatic heterocycles. The number of anilines is 1. The molecule has 49 heavy (non-hydrogen) atoms. The zero-order chi connectivity index (χ0) is 33.7. The van der Waals surface area contributed by atoms with Crippen LogP contribution in [0.25, 0.3) is 0 Å². The first kappa shape index (κ1) is 45.4. The van der Waals surface area contributed by atoms with E-state index >= 15 is 0 Å². The topological polar surface area (TPSA) is 62.2 Å². The van der Waals surface area contributed by atoms with Crippen molar-refractivity contribution in [3.8, 4) is 5.75 Å². The molecule has 0 spiro atoms. The number of aliphatic imine (C=N–C) groups is 1. The summed E-state index contributed by atoms with van der Waals surface area (Å²) in [5, 5.41) is 0.937. The Morgan fingerprint density at radius 1 is 1.00 bits per heavy atom. The number of carbonyl (C=O) groups is 2. The van der Waals surface area contributed by atoms with Gasteiger partial charge in [0.1, 0.15) is 11.9 Å². The zero-order valence-corrected chi connectivity index (χ0v) is 29.8. The highest BCUT2D eigenvalue weighted by molar-refractivity contribution is 8.02. The van der Waals surface area contributed by atoms with Gasteiger partial charge in [-0.25, -0.2) is 4.99 Å². The van der Waals surface area contributed by atoms with Gasteiger partial charge in [0.15, 0.2) is 5.78 Å². The molecule has 4 rings (SSSR count). The Morgan fingerprint density at radius 2 is 1.69 bits per heavy atom. The van der Waals surface area contributed by atoms with Crippen molar-refractivity contribution in [2.24, 2.45) is 10.4 Å². The van der Waals surface area contributed by atoms with Crippen LogP contribution in [-0.4, -0.2) is 49.2 Å². The maximum absolute atomic E-state index is 13.9. The average molecular weight is 692 g/mol. The molecule has 0 unspecified atom stereocenters. The second-order valence-electron chi connectivity index (χ2n) is 12.5. The Kier molecular flexibility index (Phi) is 20.6. The van der Waals surface area contributed by atoms with E-state index in [0.717, 1.165) is 72.8 Å². The summed E-state index contributed by atoms with van der Waals surface area (Å²) in [4.78, 5) is 35.1. The Balaban J connectivity index is 0.00000452. The summed E-state index contributed by atoms with van der Waals surface area (Å²) in [6.07, 6.45) is 11.5. The summed E-state index contributed by atoms with van der Waals surface area (Å²) in [5.74, 6) is 0.858. The lowest BCUT2D eigenvalue weighted by Gasteiger charge is -2.24. The fourth-order valence-electron chi connectivity index (χ4n) is 5.52. The molecule has 6 nitrogen and oxygen atoms in total. The van der Waals surface area contributed by atoms with Gasteiger partial charge in [0.2, 0.25) is 0 Å². The predicted octanol–water partition coefficient (Wildman–Crippen LogP) is 11.5. The lowest BCUT2D eigenvalue weighted by molar-refractivity contribution is -0.116. The first-order valence-corrected chi connectivity index (χ1v) is 17.9. The summed E-state index contributed by atoms with van der Waals surface area (Å²) in [7, 11) is 2.06. The maximum Gasteiger partial charge on any atom is 0.261 e. The van der Waals surface area contributed by atoms with Gasteiger partial charge >= 0.3 is 0 Å². The summed E-state index contributed by atoms with van der Waals surface area (Å²) in [5.41, 5.74) is 4.13. The molecule has 2 aromatic rings. The number of likely N-dealkylation sites (N-methyl/N-ethyl adjacent to an activating group) is 1. The lowest BCUT2D eigenvalue weighted by atomic mass is 9.84. The molecule has 0 bridgehead atoms. The third kappa shape index (κ3) is 13.0. The number of hydrogen-bond donors (Lipinski definition) is 0. The molecule has 0 saturated carbocycles. The van der Waals surface area contributed by atoms with Gasteiger partial charge in [-0.15, -0.1) is 11.8 Å². The largest absolute Gasteiger partial charge is 0.486 e. The SMILES string of the molecule is C.C.C.C=C(C(=O)CCCCC[C@@H](Oc1cccc(N2CCN(C)C3=C(/C=N\C(SC)=C\CC3)C2=O)c1)c1ccccc1)C(C)(C)C.CC. The fourth-order valence-corrected chi connectivity index (χ4v) is 5.97. The minimum absolute atomic E-state index is 0. The predicted molar refractivity (Wildman–Crippen MR) is 216 cm³/mol. The van der Waals surface area contributed by atoms with Crippen molar-refractivity contribution in [1.29, 1.82) is 0 Å². The number of allylic oxidation sites excluding steroid dienone is 3. The number of unbranched alkanes of at least 4 members (excludes halogenated alkanes) is 2. The van der Waals surface area contributed by atoms with Gasteiger partial charge in [0.25, 0.3) is 5.91 Å². The summed E-state index contributed by atoms with van der Waals surface area (Å²) in [6.45, 7) is 15.4. The highest BCUT2D eigenvalue weighted by Crippen LogP contribution is 2.32. The van der Waals surface area contributed by atoms with Gasteiger partial charge in [0, 0.05) is 50.2 Å². The van der Waals surface area contributed by atoms with E-state index in [-0.39, 0.29) is 45.5 Å². The maximum atomic E-state index is 13.9. The van der Waals surface area contributed by atoms with Gasteiger partial charge in [-0.05, 0) is 67.0 Å². The van der Waals surface area contributed by atoms with E-state index in [2.05, 4.69) is 41.7 Å². The molecule has 0 fully saturated rings. The number of rotatable bonds is 12. The van der Waals surface area contributed by atoms with Crippen LogP contribution < -0.4 is 9.64 Å². The standard InChI is InChI=1S/C37H47N3O3S.C2H6.3CH4/c1-27(37(2,3)4)33(41)20-11-8-12-21-34(28-15-9-7-10-16-28)43-30-18-13-17-29(25-30)40-24-23-39(5)32-19-14-22-35(44-6)38-26-31(32)36(40)42;1-2;;;/h7,9-10,13,15-18,22,25-26,34H,1,8,11-12,14,19-21,23-24H2,2-6H3;1-2H3;3*1H4/b35-22-,38-26-;;;;/t34-;;;;/m1..../s1. The molecular weight excluding hydrogens is 627 g/mol. The van der Waals surface area contributed by atoms with E-state index in [1.165, 1.54) is 0 Å². The first-order valence-electron chi connectivity index (χ1n) is 16.7. The Hall–Kier alpha value is -3.58. The number of carbonyl (C=O) groups excluding carboxylic acids is 2. The second-order valence-corrected chi connectivity index (χ2v) is 13.4. The molecule has 7 heteroatoms. The lowest BCUT2D eigenvalue weighted by Crippen LogP contribution is -2.34. The van der Waals surface area contributed by atoms with Gasteiger partial charge in [0.05, 0.1) is 10.6 Å². The van der Waals surface area contributed by atoms with Gasteiger partial charge in [-0.1, -0.05) is 112 Å². The smallest absolute Gasteiger partial charge is 0.261 e. The Bertz CT molecular complexity index is 1420. The van der Waals surface area contributed by atoms with Crippen LogP contribution in [0.4, 0.5) is 5.69 Å². The minimum Gasteiger partial charge on any atom is -0.486 e. The molecule has 1 amide bonds. The van der Waals surface area contributed by atoms with Crippen LogP contribution in [0.3, 0.4) is 0 Å². The van der Waals surface area contributed by atoms with Crippen molar-refractivity contribution >= 4 is 35.4 Å². The number of amides is 1. The van der Waals surface area contributed by atoms with Crippen LogP contribution in [0.2, 0.25) is 0 Å². The summed E-state index contributed by atoms with van der Waals surface area (Å²) < 4.78 is 6.62. The number of nitrogens with zero attached hydrogens (tertiary/aromatic N) is 3. The number of Topliss-reactive ketones (excluding diaryl/α,β-unsaturated/α-hetero) is 1. The molecule has 2 aliphatic rings. The van der Waals surface area contributed by atoms with Crippen LogP contribution >= 0.6 is 11.8 Å². The Labute approximate surface area is 303 Å². The third-order valence-corrected chi connectivity index (χ3v) is 9.02. The van der Waals surface area contributed by atoms with E-state index in [4.69, 9.17) is 4.74 Å². The third-order valence-electron chi connectivity index (χ3n) is 8.33. The number of ether oxygens (including phenoxy) is 1. The van der Waals surface area contributed by atoms with E-state index in [9.17, 15) is 9.59 Å². The highest BCUT2D eigenvalue weighted by atomic mass is 32.2. The number of benzene rings is 2. The quantitative estimate of drug-likeness (QED) is 0.164. The molecule has 0 saturated heterocycles. The second kappa shape index (κ2) is 22.2. The van der Waals surface area contributed by atoms with Crippen molar-refractivity contribution in [2.75, 3.05) is 31.3 Å². The summed E-state index contributed by atoms with van der Waals surface area (Å²) >= 11 is 1.60. The zero-order valence-electron chi connectivity index (χ0n) is 29.0. The van der Waals surface area contributed by atoms with Crippen LogP contribution in [0, 0.1) is 5.41 Å². The molecule has 1 atom stereocenters. The van der Waals surface area contributed by atoms with E-state index in [1.807, 2.05) is 88.2 Å². The summed E-state index contributed by atoms with van der Waals surface area (Å²) in [6, 6.07) is 18.1. The van der Waals surface area contributed by atoms with Crippen LogP contribution in [0.1, 0.15) is 114 Å². The number of thioether (sulfide) groups is 1. The van der Waals surface area contributed by atoms with Crippen molar-refractivity contribution in [3.05, 3.63) is 94.7 Å². The fraction of sp³-hybridized carbons (Fsp3) is 0.500. The highest BCUT2D eigenvalue weighted by Gasteiger charge is 2.28. The van der Waals surface area contributed by atoms with E-state index in [0.29, 0.717) is 24.1 Å². The molecular formula is C42H65N3O3S. The van der Waals surface area contributed by atoms with Crippen molar-refractivity contribution in [2.45, 2.75) is 108 Å². The van der Waals surface area contributed by atoms with Gasteiger partial charge in [-0.3, -0.25) is 9.59 Å². The molecule has 0 aromatic heterocycles. The Morgan fingerprint density at radius 3 is 2.35 bits per heavy atom. The first-order chi connectivity index (χ1) is 22.1. The number of hydrogen-bond acceptors (Lipinski definition) is 6.